The maximum atomic E-state index is 13.1. The van der Waals surface area contributed by atoms with E-state index in [2.05, 4.69) is 10.3 Å². The normalized spacial score (nSPS) is 14.2. The van der Waals surface area contributed by atoms with E-state index in [1.54, 1.807) is 0 Å². The van der Waals surface area contributed by atoms with Gasteiger partial charge in [0.2, 0.25) is 10.0 Å². The van der Waals surface area contributed by atoms with E-state index in [1.165, 1.54) is 45.5 Å². The Morgan fingerprint density at radius 2 is 1.79 bits per heavy atom. The number of nitrogens with one attached hydrogen (secondary N) is 1. The van der Waals surface area contributed by atoms with Gasteiger partial charge in [-0.1, -0.05) is 53.3 Å². The molecule has 2 heterocycles. The maximum absolute atomic E-state index is 13.1. The molecule has 168 valence electrons. The molecule has 6 nitrogen and oxygen atoms in total. The van der Waals surface area contributed by atoms with E-state index in [1.807, 2.05) is 43.3 Å². The zero-order valence-electron chi connectivity index (χ0n) is 17.7. The first-order chi connectivity index (χ1) is 15.8. The first kappa shape index (κ1) is 22.0. The van der Waals surface area contributed by atoms with Crippen molar-refractivity contribution < 1.29 is 13.2 Å². The molecule has 1 aromatic heterocycles. The van der Waals surface area contributed by atoms with Gasteiger partial charge in [-0.05, 0) is 60.4 Å². The third-order valence-electron chi connectivity index (χ3n) is 5.77. The third-order valence-corrected chi connectivity index (χ3v) is 9.06. The molecule has 1 aliphatic rings. The van der Waals surface area contributed by atoms with Crippen LogP contribution in [0, 0.1) is 6.92 Å². The van der Waals surface area contributed by atoms with Gasteiger partial charge in [0.25, 0.3) is 5.91 Å². The quantitative estimate of drug-likeness (QED) is 0.417. The lowest BCUT2D eigenvalue weighted by atomic mass is 10.0. The predicted molar refractivity (Wildman–Crippen MR) is 132 cm³/mol. The summed E-state index contributed by atoms with van der Waals surface area (Å²) in [6.45, 7) is 2.71. The summed E-state index contributed by atoms with van der Waals surface area (Å²) in [6, 6.07) is 17.6. The van der Waals surface area contributed by atoms with Gasteiger partial charge in [0.05, 0.1) is 20.1 Å². The summed E-state index contributed by atoms with van der Waals surface area (Å²) in [7, 11) is -3.66. The Morgan fingerprint density at radius 1 is 1.06 bits per heavy atom. The zero-order chi connectivity index (χ0) is 23.2. The van der Waals surface area contributed by atoms with Crippen molar-refractivity contribution in [2.75, 3.05) is 11.9 Å². The first-order valence-electron chi connectivity index (χ1n) is 10.4. The minimum Gasteiger partial charge on any atom is -0.298 e. The third kappa shape index (κ3) is 4.15. The van der Waals surface area contributed by atoms with Crippen molar-refractivity contribution in [3.63, 3.8) is 0 Å². The fourth-order valence-electron chi connectivity index (χ4n) is 3.93. The molecule has 0 unspecified atom stereocenters. The van der Waals surface area contributed by atoms with Gasteiger partial charge in [-0.15, -0.1) is 0 Å². The highest BCUT2D eigenvalue weighted by atomic mass is 35.5. The van der Waals surface area contributed by atoms with Gasteiger partial charge in [-0.3, -0.25) is 10.1 Å². The molecular formula is C24H20ClN3O3S2. The number of carbonyl (C=O) groups is 1. The molecule has 0 radical (unpaired) electrons. The second-order valence-electron chi connectivity index (χ2n) is 7.90. The summed E-state index contributed by atoms with van der Waals surface area (Å²) in [6.07, 6.45) is 0.682. The molecule has 4 aromatic rings. The molecule has 0 spiro atoms. The molecule has 3 aromatic carbocycles. The van der Waals surface area contributed by atoms with Crippen LogP contribution in [0.3, 0.4) is 0 Å². The maximum Gasteiger partial charge on any atom is 0.257 e. The van der Waals surface area contributed by atoms with Gasteiger partial charge >= 0.3 is 0 Å². The molecule has 5 rings (SSSR count). The number of hydrogen-bond donors (Lipinski definition) is 1. The highest BCUT2D eigenvalue weighted by Crippen LogP contribution is 2.34. The van der Waals surface area contributed by atoms with Crippen LogP contribution in [-0.4, -0.2) is 30.2 Å². The second kappa shape index (κ2) is 8.53. The fraction of sp³-hybridized carbons (Fsp3) is 0.167. The molecule has 0 bridgehead atoms. The molecule has 9 heteroatoms. The summed E-state index contributed by atoms with van der Waals surface area (Å²) in [4.78, 5) is 17.4. The van der Waals surface area contributed by atoms with Crippen molar-refractivity contribution in [2.24, 2.45) is 0 Å². The van der Waals surface area contributed by atoms with Crippen molar-refractivity contribution in [2.45, 2.75) is 24.8 Å². The summed E-state index contributed by atoms with van der Waals surface area (Å²) in [5, 5.41) is 3.81. The predicted octanol–water partition coefficient (Wildman–Crippen LogP) is 5.26. The Morgan fingerprint density at radius 3 is 2.52 bits per heavy atom. The minimum atomic E-state index is -3.66. The second-order valence-corrected chi connectivity index (χ2v) is 11.2. The molecule has 1 amide bonds. The van der Waals surface area contributed by atoms with Crippen LogP contribution in [0.25, 0.3) is 10.2 Å². The zero-order valence-corrected chi connectivity index (χ0v) is 20.1. The average molecular weight is 498 g/mol. The molecule has 0 aliphatic carbocycles. The molecule has 1 N–H and O–H groups in total. The molecule has 0 saturated carbocycles. The van der Waals surface area contributed by atoms with E-state index < -0.39 is 10.0 Å². The average Bonchev–Trinajstić information content (AvgIpc) is 3.26. The topological polar surface area (TPSA) is 79.4 Å². The van der Waals surface area contributed by atoms with E-state index in [4.69, 9.17) is 11.6 Å². The Bertz CT molecular complexity index is 1440. The van der Waals surface area contributed by atoms with E-state index in [-0.39, 0.29) is 10.8 Å². The number of amides is 1. The Kier molecular flexibility index (Phi) is 5.70. The van der Waals surface area contributed by atoms with Gasteiger partial charge in [0.15, 0.2) is 5.13 Å². The van der Waals surface area contributed by atoms with Crippen molar-refractivity contribution in [3.05, 3.63) is 87.9 Å². The van der Waals surface area contributed by atoms with Crippen LogP contribution >= 0.6 is 22.9 Å². The minimum absolute atomic E-state index is 0.167. The van der Waals surface area contributed by atoms with Crippen LogP contribution in [0.2, 0.25) is 5.02 Å². The van der Waals surface area contributed by atoms with Gasteiger partial charge in [0, 0.05) is 18.7 Å². The fourth-order valence-corrected chi connectivity index (χ4v) is 6.56. The lowest BCUT2D eigenvalue weighted by molar-refractivity contribution is 0.102. The van der Waals surface area contributed by atoms with Gasteiger partial charge in [-0.25, -0.2) is 13.4 Å². The van der Waals surface area contributed by atoms with Crippen LogP contribution in [0.4, 0.5) is 5.13 Å². The van der Waals surface area contributed by atoms with Gasteiger partial charge < -0.3 is 0 Å². The first-order valence-corrected chi connectivity index (χ1v) is 13.0. The largest absolute Gasteiger partial charge is 0.298 e. The highest BCUT2D eigenvalue weighted by molar-refractivity contribution is 7.89. The molecule has 1 aliphatic heterocycles. The number of aromatic nitrogens is 1. The summed E-state index contributed by atoms with van der Waals surface area (Å²) in [5.41, 5.74) is 4.28. The number of halogens is 1. The summed E-state index contributed by atoms with van der Waals surface area (Å²) < 4.78 is 28.6. The number of thiazole rings is 1. The number of hydrogen-bond acceptors (Lipinski definition) is 5. The Balaban J connectivity index is 1.33. The number of sulfonamides is 1. The van der Waals surface area contributed by atoms with E-state index >= 15 is 0 Å². The van der Waals surface area contributed by atoms with Crippen molar-refractivity contribution in [1.82, 2.24) is 9.29 Å². The van der Waals surface area contributed by atoms with Gasteiger partial charge in [-0.2, -0.15) is 4.31 Å². The van der Waals surface area contributed by atoms with Crippen molar-refractivity contribution in [1.29, 1.82) is 0 Å². The van der Waals surface area contributed by atoms with Crippen LogP contribution in [-0.2, 0) is 23.0 Å². The van der Waals surface area contributed by atoms with E-state index in [0.717, 1.165) is 21.3 Å². The van der Waals surface area contributed by atoms with E-state index in [0.29, 0.717) is 35.2 Å². The molecule has 0 fully saturated rings. The molecule has 33 heavy (non-hydrogen) atoms. The number of anilines is 1. The highest BCUT2D eigenvalue weighted by Gasteiger charge is 2.28. The van der Waals surface area contributed by atoms with Gasteiger partial charge in [0.1, 0.15) is 0 Å². The molecule has 0 atom stereocenters. The lowest BCUT2D eigenvalue weighted by Crippen LogP contribution is -2.35. The van der Waals surface area contributed by atoms with E-state index in [9.17, 15) is 13.2 Å². The molecular weight excluding hydrogens is 478 g/mol. The number of rotatable bonds is 4. The van der Waals surface area contributed by atoms with Crippen molar-refractivity contribution in [3.8, 4) is 0 Å². The standard InChI is InChI=1S/C24H20ClN3O3S2/c1-15-6-11-20(25)22-21(15)26-24(32-22)27-23(29)17-7-9-19(10-8-17)33(30,31)28-13-12-16-4-2-3-5-18(16)14-28/h2-11H,12-14H2,1H3,(H,26,27,29). The summed E-state index contributed by atoms with van der Waals surface area (Å²) in [5.74, 6) is -0.362. The molecule has 0 saturated heterocycles. The summed E-state index contributed by atoms with van der Waals surface area (Å²) >= 11 is 7.55. The van der Waals surface area contributed by atoms with Crippen molar-refractivity contribution >= 4 is 54.2 Å². The van der Waals surface area contributed by atoms with Crippen LogP contribution in [0.15, 0.2) is 65.6 Å². The Labute approximate surface area is 200 Å². The van der Waals surface area contributed by atoms with Crippen LogP contribution < -0.4 is 5.32 Å². The smallest absolute Gasteiger partial charge is 0.257 e. The number of nitrogens with zero attached hydrogens (tertiary/aromatic N) is 2. The number of carbonyl (C=O) groups excluding carboxylic acids is 1. The number of benzene rings is 3. The number of aryl methyl sites for hydroxylation is 1. The number of fused-ring (bicyclic) bond motifs is 2. The Hall–Kier alpha value is -2.78. The van der Waals surface area contributed by atoms with Crippen LogP contribution in [0.1, 0.15) is 27.0 Å². The monoisotopic (exact) mass is 497 g/mol. The SMILES string of the molecule is Cc1ccc(Cl)c2sc(NC(=O)c3ccc(S(=O)(=O)N4CCc5ccccc5C4)cc3)nc12. The lowest BCUT2D eigenvalue weighted by Gasteiger charge is -2.28. The van der Waals surface area contributed by atoms with Crippen LogP contribution in [0.5, 0.6) is 0 Å².